The van der Waals surface area contributed by atoms with Crippen LogP contribution in [0.5, 0.6) is 0 Å². The van der Waals surface area contributed by atoms with E-state index in [1.165, 1.54) is 11.1 Å². The number of unbranched alkanes of at least 4 members (excludes halogenated alkanes) is 1. The van der Waals surface area contributed by atoms with Crippen molar-refractivity contribution in [3.63, 3.8) is 0 Å². The molecule has 0 radical (unpaired) electrons. The molecule has 0 amide bonds. The molecule has 2 aromatic carbocycles. The summed E-state index contributed by atoms with van der Waals surface area (Å²) in [5, 5.41) is 0. The largest absolute Gasteiger partial charge is 0.329 e. The van der Waals surface area contributed by atoms with Gasteiger partial charge >= 0.3 is 0 Å². The molecule has 0 aliphatic heterocycles. The zero-order valence-corrected chi connectivity index (χ0v) is 12.0. The summed E-state index contributed by atoms with van der Waals surface area (Å²) in [4.78, 5) is 0. The fraction of sp³-hybridized carbons (Fsp3) is 0.263. The molecule has 0 aromatic heterocycles. The SMILES string of the molecule is C=CCCCC(CN)(c1ccccc1)c1ccccc1. The van der Waals surface area contributed by atoms with Gasteiger partial charge < -0.3 is 5.73 Å². The van der Waals surface area contributed by atoms with Crippen LogP contribution in [-0.4, -0.2) is 6.54 Å². The van der Waals surface area contributed by atoms with Gasteiger partial charge in [0.2, 0.25) is 0 Å². The van der Waals surface area contributed by atoms with Gasteiger partial charge in [-0.25, -0.2) is 0 Å². The van der Waals surface area contributed by atoms with E-state index in [-0.39, 0.29) is 5.41 Å². The molecular formula is C19H23N. The van der Waals surface area contributed by atoms with Crippen molar-refractivity contribution in [2.24, 2.45) is 5.73 Å². The van der Waals surface area contributed by atoms with Crippen LogP contribution in [0, 0.1) is 0 Å². The second kappa shape index (κ2) is 7.06. The van der Waals surface area contributed by atoms with Crippen molar-refractivity contribution in [3.05, 3.63) is 84.4 Å². The van der Waals surface area contributed by atoms with E-state index in [4.69, 9.17) is 5.73 Å². The maximum Gasteiger partial charge on any atom is 0.0325 e. The van der Waals surface area contributed by atoms with E-state index in [0.717, 1.165) is 19.3 Å². The van der Waals surface area contributed by atoms with E-state index < -0.39 is 0 Å². The zero-order valence-electron chi connectivity index (χ0n) is 12.0. The number of rotatable bonds is 7. The van der Waals surface area contributed by atoms with Crippen LogP contribution in [0.4, 0.5) is 0 Å². The van der Waals surface area contributed by atoms with Crippen molar-refractivity contribution < 1.29 is 0 Å². The van der Waals surface area contributed by atoms with E-state index >= 15 is 0 Å². The molecule has 2 rings (SSSR count). The highest BCUT2D eigenvalue weighted by atomic mass is 14.6. The monoisotopic (exact) mass is 265 g/mol. The molecule has 0 saturated heterocycles. The predicted octanol–water partition coefficient (Wildman–Crippen LogP) is 4.29. The molecule has 0 aliphatic carbocycles. The zero-order chi connectivity index (χ0) is 14.3. The van der Waals surface area contributed by atoms with Gasteiger partial charge in [-0.2, -0.15) is 0 Å². The van der Waals surface area contributed by atoms with Gasteiger partial charge in [0.25, 0.3) is 0 Å². The van der Waals surface area contributed by atoms with Crippen molar-refractivity contribution in [1.29, 1.82) is 0 Å². The van der Waals surface area contributed by atoms with Crippen molar-refractivity contribution >= 4 is 0 Å². The smallest absolute Gasteiger partial charge is 0.0325 e. The lowest BCUT2D eigenvalue weighted by Crippen LogP contribution is -2.36. The quantitative estimate of drug-likeness (QED) is 0.586. The number of hydrogen-bond donors (Lipinski definition) is 1. The Morgan fingerprint density at radius 3 is 1.80 bits per heavy atom. The minimum Gasteiger partial charge on any atom is -0.329 e. The molecule has 2 aromatic rings. The summed E-state index contributed by atoms with van der Waals surface area (Å²) in [6.45, 7) is 4.44. The molecule has 0 saturated carbocycles. The molecule has 0 unspecified atom stereocenters. The highest BCUT2D eigenvalue weighted by Gasteiger charge is 2.31. The maximum atomic E-state index is 6.23. The summed E-state index contributed by atoms with van der Waals surface area (Å²) in [5.74, 6) is 0. The van der Waals surface area contributed by atoms with Gasteiger partial charge in [-0.3, -0.25) is 0 Å². The van der Waals surface area contributed by atoms with Gasteiger partial charge in [-0.15, -0.1) is 6.58 Å². The molecule has 0 bridgehead atoms. The lowest BCUT2D eigenvalue weighted by molar-refractivity contribution is 0.467. The predicted molar refractivity (Wildman–Crippen MR) is 86.8 cm³/mol. The summed E-state index contributed by atoms with van der Waals surface area (Å²) in [6.07, 6.45) is 5.16. The second-order valence-corrected chi connectivity index (χ2v) is 5.20. The Bertz CT molecular complexity index is 476. The van der Waals surface area contributed by atoms with E-state index in [0.29, 0.717) is 6.54 Å². The lowest BCUT2D eigenvalue weighted by atomic mass is 9.71. The van der Waals surface area contributed by atoms with Gasteiger partial charge in [0, 0.05) is 12.0 Å². The van der Waals surface area contributed by atoms with Crippen LogP contribution >= 0.6 is 0 Å². The summed E-state index contributed by atoms with van der Waals surface area (Å²) in [6, 6.07) is 21.2. The van der Waals surface area contributed by atoms with E-state index in [9.17, 15) is 0 Å². The van der Waals surface area contributed by atoms with Crippen LogP contribution in [0.1, 0.15) is 30.4 Å². The standard InChI is InChI=1S/C19H23N/c1-2-3-10-15-19(16-20,17-11-6-4-7-12-17)18-13-8-5-9-14-18/h2,4-9,11-14H,1,3,10,15-16,20H2. The fourth-order valence-corrected chi connectivity index (χ4v) is 2.86. The Morgan fingerprint density at radius 1 is 0.900 bits per heavy atom. The van der Waals surface area contributed by atoms with Crippen molar-refractivity contribution in [2.45, 2.75) is 24.7 Å². The van der Waals surface area contributed by atoms with Crippen molar-refractivity contribution in [3.8, 4) is 0 Å². The average molecular weight is 265 g/mol. The Balaban J connectivity index is 2.43. The Morgan fingerprint density at radius 2 is 1.40 bits per heavy atom. The molecule has 1 heteroatoms. The molecule has 1 nitrogen and oxygen atoms in total. The van der Waals surface area contributed by atoms with Crippen LogP contribution in [0.25, 0.3) is 0 Å². The molecule has 0 spiro atoms. The third kappa shape index (κ3) is 3.00. The molecule has 2 N–H and O–H groups in total. The van der Waals surface area contributed by atoms with E-state index in [2.05, 4.69) is 67.2 Å². The summed E-state index contributed by atoms with van der Waals surface area (Å²) < 4.78 is 0. The normalized spacial score (nSPS) is 11.2. The molecule has 0 atom stereocenters. The molecule has 0 aliphatic rings. The third-order valence-electron chi connectivity index (χ3n) is 4.01. The highest BCUT2D eigenvalue weighted by molar-refractivity contribution is 5.39. The average Bonchev–Trinajstić information content (AvgIpc) is 2.54. The first kappa shape index (κ1) is 14.5. The number of allylic oxidation sites excluding steroid dienone is 1. The number of nitrogens with two attached hydrogens (primary N) is 1. The van der Waals surface area contributed by atoms with Gasteiger partial charge in [0.05, 0.1) is 0 Å². The lowest BCUT2D eigenvalue weighted by Gasteiger charge is -2.34. The van der Waals surface area contributed by atoms with Gasteiger partial charge in [0.1, 0.15) is 0 Å². The molecule has 104 valence electrons. The number of benzene rings is 2. The van der Waals surface area contributed by atoms with Crippen LogP contribution in [0.2, 0.25) is 0 Å². The molecule has 0 fully saturated rings. The first-order valence-electron chi connectivity index (χ1n) is 7.25. The van der Waals surface area contributed by atoms with Crippen LogP contribution < -0.4 is 5.73 Å². The Hall–Kier alpha value is -1.86. The summed E-state index contributed by atoms with van der Waals surface area (Å²) in [7, 11) is 0. The second-order valence-electron chi connectivity index (χ2n) is 5.20. The summed E-state index contributed by atoms with van der Waals surface area (Å²) >= 11 is 0. The Kier molecular flexibility index (Phi) is 5.14. The maximum absolute atomic E-state index is 6.23. The van der Waals surface area contributed by atoms with Crippen LogP contribution in [0.3, 0.4) is 0 Å². The third-order valence-corrected chi connectivity index (χ3v) is 4.01. The molecular weight excluding hydrogens is 242 g/mol. The number of hydrogen-bond acceptors (Lipinski definition) is 1. The first-order valence-corrected chi connectivity index (χ1v) is 7.25. The van der Waals surface area contributed by atoms with E-state index in [1.807, 2.05) is 6.08 Å². The van der Waals surface area contributed by atoms with Crippen molar-refractivity contribution in [1.82, 2.24) is 0 Å². The van der Waals surface area contributed by atoms with Gasteiger partial charge in [-0.05, 0) is 30.4 Å². The minimum absolute atomic E-state index is 0.0917. The highest BCUT2D eigenvalue weighted by Crippen LogP contribution is 2.36. The molecule has 0 heterocycles. The summed E-state index contributed by atoms with van der Waals surface area (Å²) in [5.41, 5.74) is 8.74. The topological polar surface area (TPSA) is 26.0 Å². The van der Waals surface area contributed by atoms with Gasteiger partial charge in [-0.1, -0.05) is 66.7 Å². The van der Waals surface area contributed by atoms with E-state index in [1.54, 1.807) is 0 Å². The first-order chi connectivity index (χ1) is 9.83. The van der Waals surface area contributed by atoms with Crippen LogP contribution in [0.15, 0.2) is 73.3 Å². The van der Waals surface area contributed by atoms with Gasteiger partial charge in [0.15, 0.2) is 0 Å². The van der Waals surface area contributed by atoms with Crippen molar-refractivity contribution in [2.75, 3.05) is 6.54 Å². The fourth-order valence-electron chi connectivity index (χ4n) is 2.86. The molecule has 20 heavy (non-hydrogen) atoms. The Labute approximate surface area is 122 Å². The minimum atomic E-state index is -0.0917. The van der Waals surface area contributed by atoms with Crippen LogP contribution in [-0.2, 0) is 5.41 Å².